The minimum atomic E-state index is 0.133. The van der Waals surface area contributed by atoms with Gasteiger partial charge >= 0.3 is 0 Å². The van der Waals surface area contributed by atoms with Crippen LogP contribution in [0.25, 0.3) is 0 Å². The van der Waals surface area contributed by atoms with Gasteiger partial charge in [-0.25, -0.2) is 0 Å². The van der Waals surface area contributed by atoms with Gasteiger partial charge < -0.3 is 15.2 Å². The van der Waals surface area contributed by atoms with Gasteiger partial charge in [-0.05, 0) is 66.2 Å². The van der Waals surface area contributed by atoms with Crippen LogP contribution in [0.15, 0.2) is 16.6 Å². The third kappa shape index (κ3) is 2.36. The molecule has 0 bridgehead atoms. The van der Waals surface area contributed by atoms with Gasteiger partial charge in [0.15, 0.2) is 11.5 Å². The van der Waals surface area contributed by atoms with E-state index in [0.717, 1.165) is 41.7 Å². The van der Waals surface area contributed by atoms with Crippen molar-refractivity contribution in [3.8, 4) is 11.5 Å². The third-order valence-electron chi connectivity index (χ3n) is 4.27. The highest BCUT2D eigenvalue weighted by molar-refractivity contribution is 9.10. The first-order valence-corrected chi connectivity index (χ1v) is 7.66. The maximum Gasteiger partial charge on any atom is 0.175 e. The van der Waals surface area contributed by atoms with E-state index in [1.807, 2.05) is 0 Å². The molecule has 4 heteroatoms. The van der Waals surface area contributed by atoms with Crippen LogP contribution >= 0.6 is 15.9 Å². The summed E-state index contributed by atoms with van der Waals surface area (Å²) in [4.78, 5) is 0. The molecule has 1 atom stereocenters. The van der Waals surface area contributed by atoms with Crippen molar-refractivity contribution in [3.05, 3.63) is 22.2 Å². The van der Waals surface area contributed by atoms with Crippen LogP contribution in [0.2, 0.25) is 0 Å². The Kier molecular flexibility index (Phi) is 3.26. The maximum absolute atomic E-state index is 6.15. The molecule has 0 saturated heterocycles. The Hall–Kier alpha value is -0.740. The number of benzene rings is 1. The van der Waals surface area contributed by atoms with Crippen molar-refractivity contribution in [1.29, 1.82) is 0 Å². The third-order valence-corrected chi connectivity index (χ3v) is 4.86. The first-order valence-electron chi connectivity index (χ1n) is 6.87. The molecule has 3 rings (SSSR count). The Bertz CT molecular complexity index is 493. The van der Waals surface area contributed by atoms with E-state index in [1.165, 1.54) is 5.56 Å². The lowest BCUT2D eigenvalue weighted by molar-refractivity contribution is 0.279. The van der Waals surface area contributed by atoms with E-state index < -0.39 is 0 Å². The van der Waals surface area contributed by atoms with E-state index in [4.69, 9.17) is 15.2 Å². The second-order valence-corrected chi connectivity index (χ2v) is 6.61. The summed E-state index contributed by atoms with van der Waals surface area (Å²) in [5.41, 5.74) is 7.54. The molecule has 3 nitrogen and oxygen atoms in total. The van der Waals surface area contributed by atoms with E-state index in [9.17, 15) is 0 Å². The average Bonchev–Trinajstić information content (AvgIpc) is 3.25. The quantitative estimate of drug-likeness (QED) is 0.902. The smallest absolute Gasteiger partial charge is 0.175 e. The number of halogens is 1. The summed E-state index contributed by atoms with van der Waals surface area (Å²) in [6, 6.07) is 4.41. The standard InChI is InChI=1S/C15H20BrNO2/c1-9(17)15(5-6-15)10-7-12(16)14(13(8-10)18-2)19-11-3-4-11/h7-9,11H,3-6,17H2,1-2H3. The van der Waals surface area contributed by atoms with E-state index in [2.05, 4.69) is 35.0 Å². The van der Waals surface area contributed by atoms with Gasteiger partial charge in [-0.2, -0.15) is 0 Å². The van der Waals surface area contributed by atoms with Gasteiger partial charge in [-0.1, -0.05) is 0 Å². The average molecular weight is 326 g/mol. The van der Waals surface area contributed by atoms with Crippen LogP contribution in [0, 0.1) is 0 Å². The molecule has 2 aliphatic rings. The molecule has 1 aromatic rings. The minimum absolute atomic E-state index is 0.133. The molecule has 2 fully saturated rings. The fourth-order valence-electron chi connectivity index (χ4n) is 2.62. The van der Waals surface area contributed by atoms with Crippen molar-refractivity contribution in [2.24, 2.45) is 5.73 Å². The van der Waals surface area contributed by atoms with Gasteiger partial charge in [-0.15, -0.1) is 0 Å². The number of ether oxygens (including phenoxy) is 2. The van der Waals surface area contributed by atoms with Gasteiger partial charge in [0.2, 0.25) is 0 Å². The Morgan fingerprint density at radius 2 is 2.05 bits per heavy atom. The molecule has 2 saturated carbocycles. The zero-order chi connectivity index (χ0) is 13.6. The van der Waals surface area contributed by atoms with Crippen LogP contribution in [-0.2, 0) is 5.41 Å². The van der Waals surface area contributed by atoms with Crippen molar-refractivity contribution in [3.63, 3.8) is 0 Å². The molecule has 2 N–H and O–H groups in total. The lowest BCUT2D eigenvalue weighted by Gasteiger charge is -2.22. The van der Waals surface area contributed by atoms with Crippen molar-refractivity contribution >= 4 is 15.9 Å². The first kappa shape index (κ1) is 13.3. The first-order chi connectivity index (χ1) is 9.06. The highest BCUT2D eigenvalue weighted by atomic mass is 79.9. The molecular weight excluding hydrogens is 306 g/mol. The zero-order valence-electron chi connectivity index (χ0n) is 11.4. The van der Waals surface area contributed by atoms with Crippen molar-refractivity contribution in [1.82, 2.24) is 0 Å². The molecule has 104 valence electrons. The summed E-state index contributed by atoms with van der Waals surface area (Å²) >= 11 is 3.62. The SMILES string of the molecule is COc1cc(C2(C(C)N)CC2)cc(Br)c1OC1CC1. The number of rotatable bonds is 5. The van der Waals surface area contributed by atoms with Crippen LogP contribution in [0.5, 0.6) is 11.5 Å². The Morgan fingerprint density at radius 1 is 1.37 bits per heavy atom. The van der Waals surface area contributed by atoms with Crippen LogP contribution in [0.4, 0.5) is 0 Å². The summed E-state index contributed by atoms with van der Waals surface area (Å²) in [5.74, 6) is 1.64. The molecule has 0 heterocycles. The van der Waals surface area contributed by atoms with E-state index >= 15 is 0 Å². The van der Waals surface area contributed by atoms with E-state index in [-0.39, 0.29) is 11.5 Å². The molecule has 0 radical (unpaired) electrons. The van der Waals surface area contributed by atoms with Gasteiger partial charge in [0.05, 0.1) is 17.7 Å². The molecule has 0 aromatic heterocycles. The highest BCUT2D eigenvalue weighted by Crippen LogP contribution is 2.53. The molecular formula is C15H20BrNO2. The molecule has 1 unspecified atom stereocenters. The van der Waals surface area contributed by atoms with Crippen molar-refractivity contribution < 1.29 is 9.47 Å². The summed E-state index contributed by atoms with van der Waals surface area (Å²) in [7, 11) is 1.69. The van der Waals surface area contributed by atoms with E-state index in [0.29, 0.717) is 6.10 Å². The predicted octanol–water partition coefficient (Wildman–Crippen LogP) is 3.38. The Labute approximate surface area is 122 Å². The molecule has 0 amide bonds. The number of hydrogen-bond acceptors (Lipinski definition) is 3. The van der Waals surface area contributed by atoms with Crippen LogP contribution in [-0.4, -0.2) is 19.3 Å². The summed E-state index contributed by atoms with van der Waals surface area (Å²) in [5, 5.41) is 0. The summed E-state index contributed by atoms with van der Waals surface area (Å²) in [6.07, 6.45) is 4.95. The van der Waals surface area contributed by atoms with E-state index in [1.54, 1.807) is 7.11 Å². The zero-order valence-corrected chi connectivity index (χ0v) is 13.0. The minimum Gasteiger partial charge on any atom is -0.493 e. The normalized spacial score (nSPS) is 21.9. The predicted molar refractivity (Wildman–Crippen MR) is 78.9 cm³/mol. The second-order valence-electron chi connectivity index (χ2n) is 5.75. The molecule has 19 heavy (non-hydrogen) atoms. The van der Waals surface area contributed by atoms with Gasteiger partial charge in [0, 0.05) is 11.5 Å². The number of nitrogens with two attached hydrogens (primary N) is 1. The largest absolute Gasteiger partial charge is 0.493 e. The second kappa shape index (κ2) is 4.67. The monoisotopic (exact) mass is 325 g/mol. The van der Waals surface area contributed by atoms with Crippen molar-refractivity contribution in [2.45, 2.75) is 50.2 Å². The fourth-order valence-corrected chi connectivity index (χ4v) is 3.15. The lowest BCUT2D eigenvalue weighted by atomic mass is 9.89. The van der Waals surface area contributed by atoms with Crippen molar-refractivity contribution in [2.75, 3.05) is 7.11 Å². The van der Waals surface area contributed by atoms with Gasteiger partial charge in [0.1, 0.15) is 0 Å². The number of hydrogen-bond donors (Lipinski definition) is 1. The topological polar surface area (TPSA) is 44.5 Å². The molecule has 0 aliphatic heterocycles. The van der Waals surface area contributed by atoms with Crippen LogP contribution in [0.1, 0.15) is 38.2 Å². The molecule has 0 spiro atoms. The highest BCUT2D eigenvalue weighted by Gasteiger charge is 2.48. The Balaban J connectivity index is 1.97. The summed E-state index contributed by atoms with van der Waals surface area (Å²) < 4.78 is 12.4. The van der Waals surface area contributed by atoms with Crippen LogP contribution < -0.4 is 15.2 Å². The maximum atomic E-state index is 6.15. The molecule has 1 aromatic carbocycles. The van der Waals surface area contributed by atoms with Gasteiger partial charge in [-0.3, -0.25) is 0 Å². The Morgan fingerprint density at radius 3 is 2.53 bits per heavy atom. The fraction of sp³-hybridized carbons (Fsp3) is 0.600. The molecule has 2 aliphatic carbocycles. The van der Waals surface area contributed by atoms with Crippen LogP contribution in [0.3, 0.4) is 0 Å². The number of methoxy groups -OCH3 is 1. The lowest BCUT2D eigenvalue weighted by Crippen LogP contribution is -2.31. The van der Waals surface area contributed by atoms with Gasteiger partial charge in [0.25, 0.3) is 0 Å². The summed E-state index contributed by atoms with van der Waals surface area (Å²) in [6.45, 7) is 2.09.